The van der Waals surface area contributed by atoms with Crippen molar-refractivity contribution in [2.45, 2.75) is 24.8 Å². The van der Waals surface area contributed by atoms with Crippen LogP contribution in [-0.4, -0.2) is 60.7 Å². The fraction of sp³-hybridized carbons (Fsp3) is 0.276. The highest BCUT2D eigenvalue weighted by Crippen LogP contribution is 2.35. The lowest BCUT2D eigenvalue weighted by molar-refractivity contribution is -0.137. The molecule has 4 aromatic rings. The molecule has 0 atom stereocenters. The van der Waals surface area contributed by atoms with Crippen molar-refractivity contribution >= 4 is 55.9 Å². The summed E-state index contributed by atoms with van der Waals surface area (Å²) in [6.07, 6.45) is 2.67. The molecule has 3 aromatic carbocycles. The molecule has 0 bridgehead atoms. The molecule has 11 heteroatoms. The minimum atomic E-state index is -3.71. The third kappa shape index (κ3) is 6.39. The number of carbonyl (C=O) groups is 1. The molecule has 0 saturated carbocycles. The molecule has 5 rings (SSSR count). The van der Waals surface area contributed by atoms with Crippen LogP contribution < -0.4 is 5.32 Å². The monoisotopic (exact) mass is 598 g/mol. The van der Waals surface area contributed by atoms with Crippen molar-refractivity contribution < 1.29 is 17.9 Å². The van der Waals surface area contributed by atoms with E-state index in [1.54, 1.807) is 0 Å². The van der Waals surface area contributed by atoms with Crippen LogP contribution in [0.3, 0.4) is 0 Å². The molecule has 0 unspecified atom stereocenters. The molecule has 1 aliphatic rings. The molecule has 8 nitrogen and oxygen atoms in total. The maximum Gasteiger partial charge on any atom is 0.322 e. The second-order valence-electron chi connectivity index (χ2n) is 9.68. The van der Waals surface area contributed by atoms with Gasteiger partial charge in [-0.1, -0.05) is 53.5 Å². The van der Waals surface area contributed by atoms with Gasteiger partial charge in [0.1, 0.15) is 12.1 Å². The smallest absolute Gasteiger partial charge is 0.322 e. The van der Waals surface area contributed by atoms with Gasteiger partial charge in [-0.2, -0.15) is 0 Å². The lowest BCUT2D eigenvalue weighted by Gasteiger charge is -2.31. The highest BCUT2D eigenvalue weighted by atomic mass is 35.5. The number of methoxy groups -OCH3 is 1. The fourth-order valence-corrected chi connectivity index (χ4v) is 6.64. The van der Waals surface area contributed by atoms with Crippen LogP contribution in [0.25, 0.3) is 10.9 Å². The molecule has 1 aliphatic heterocycles. The number of nitrogens with one attached hydrogen (secondary N) is 1. The molecular formula is C29H28Cl2N4O4S. The predicted octanol–water partition coefficient (Wildman–Crippen LogP) is 5.50. The Balaban J connectivity index is 1.42. The van der Waals surface area contributed by atoms with Crippen LogP contribution in [-0.2, 0) is 19.6 Å². The predicted molar refractivity (Wildman–Crippen MR) is 157 cm³/mol. The Morgan fingerprint density at radius 2 is 1.52 bits per heavy atom. The molecule has 1 fully saturated rings. The van der Waals surface area contributed by atoms with E-state index in [2.05, 4.69) is 32.2 Å². The number of halogens is 2. The summed E-state index contributed by atoms with van der Waals surface area (Å²) in [7, 11) is -2.53. The lowest BCUT2D eigenvalue weighted by atomic mass is 9.84. The van der Waals surface area contributed by atoms with Crippen molar-refractivity contribution in [2.24, 2.45) is 0 Å². The molecule has 1 aromatic heterocycles. The third-order valence-electron chi connectivity index (χ3n) is 7.12. The first kappa shape index (κ1) is 28.3. The van der Waals surface area contributed by atoms with Crippen molar-refractivity contribution in [2.75, 3.05) is 31.3 Å². The Morgan fingerprint density at radius 3 is 2.10 bits per heavy atom. The topological polar surface area (TPSA) is 101 Å². The van der Waals surface area contributed by atoms with Gasteiger partial charge >= 0.3 is 5.97 Å². The summed E-state index contributed by atoms with van der Waals surface area (Å²) in [5.41, 5.74) is 4.01. The Morgan fingerprint density at radius 1 is 0.950 bits per heavy atom. The first-order chi connectivity index (χ1) is 19.2. The van der Waals surface area contributed by atoms with Crippen molar-refractivity contribution in [3.63, 3.8) is 0 Å². The van der Waals surface area contributed by atoms with E-state index in [1.165, 1.54) is 17.7 Å². The first-order valence-electron chi connectivity index (χ1n) is 12.8. The standard InChI is InChI=1S/C29H28Cl2N4O4S/c1-39-27(36)17-40(37,38)35-14-12-24(13-15-35)34-29-25-16-21(6-11-26(25)32-18-33-29)28(19-2-7-22(30)8-3-19)20-4-9-23(31)10-5-20/h2-11,16,18,24,28H,12-15,17H2,1H3,(H,32,33,34). The zero-order valence-electron chi connectivity index (χ0n) is 21.8. The van der Waals surface area contributed by atoms with Crippen LogP contribution in [0, 0.1) is 0 Å². The number of piperidine rings is 1. The van der Waals surface area contributed by atoms with Crippen LogP contribution in [0.5, 0.6) is 0 Å². The number of fused-ring (bicyclic) bond motifs is 1. The Bertz CT molecular complexity index is 1560. The number of aromatic nitrogens is 2. The number of benzene rings is 3. The number of anilines is 1. The third-order valence-corrected chi connectivity index (χ3v) is 9.37. The highest BCUT2D eigenvalue weighted by molar-refractivity contribution is 7.89. The number of esters is 1. The molecule has 0 amide bonds. The van der Waals surface area contributed by atoms with Gasteiger partial charge in [0.15, 0.2) is 5.75 Å². The van der Waals surface area contributed by atoms with E-state index in [1.807, 2.05) is 54.6 Å². The summed E-state index contributed by atoms with van der Waals surface area (Å²) in [5, 5.41) is 5.71. The Hall–Kier alpha value is -3.24. The molecule has 40 heavy (non-hydrogen) atoms. The van der Waals surface area contributed by atoms with Gasteiger partial charge in [0.25, 0.3) is 0 Å². The molecular weight excluding hydrogens is 571 g/mol. The average Bonchev–Trinajstić information content (AvgIpc) is 2.95. The van der Waals surface area contributed by atoms with Crippen molar-refractivity contribution in [1.29, 1.82) is 0 Å². The van der Waals surface area contributed by atoms with E-state index in [0.717, 1.165) is 27.6 Å². The summed E-state index contributed by atoms with van der Waals surface area (Å²) < 4.78 is 30.9. The van der Waals surface area contributed by atoms with Gasteiger partial charge < -0.3 is 10.1 Å². The van der Waals surface area contributed by atoms with Crippen molar-refractivity contribution in [3.8, 4) is 0 Å². The molecule has 0 radical (unpaired) electrons. The zero-order valence-corrected chi connectivity index (χ0v) is 24.1. The average molecular weight is 600 g/mol. The summed E-state index contributed by atoms with van der Waals surface area (Å²) >= 11 is 12.4. The molecule has 1 saturated heterocycles. The van der Waals surface area contributed by atoms with E-state index in [4.69, 9.17) is 23.2 Å². The van der Waals surface area contributed by atoms with Gasteiger partial charge in [-0.05, 0) is 65.9 Å². The number of sulfonamides is 1. The highest BCUT2D eigenvalue weighted by Gasteiger charge is 2.30. The fourth-order valence-electron chi connectivity index (χ4n) is 5.03. The Kier molecular flexibility index (Phi) is 8.56. The second kappa shape index (κ2) is 12.1. The minimum Gasteiger partial charge on any atom is -0.468 e. The molecule has 0 spiro atoms. The summed E-state index contributed by atoms with van der Waals surface area (Å²) in [4.78, 5) is 20.5. The Labute approximate surface area is 243 Å². The van der Waals surface area contributed by atoms with E-state index >= 15 is 0 Å². The number of hydrogen-bond acceptors (Lipinski definition) is 7. The van der Waals surface area contributed by atoms with Gasteiger partial charge in [0.05, 0.1) is 12.6 Å². The quantitative estimate of drug-likeness (QED) is 0.211. The second-order valence-corrected chi connectivity index (χ2v) is 12.5. The maximum atomic E-state index is 12.5. The van der Waals surface area contributed by atoms with Crippen molar-refractivity contribution in [1.82, 2.24) is 14.3 Å². The summed E-state index contributed by atoms with van der Waals surface area (Å²) in [6.45, 7) is 0.612. The normalized spacial score (nSPS) is 14.9. The van der Waals surface area contributed by atoms with Crippen LogP contribution in [0.15, 0.2) is 73.1 Å². The van der Waals surface area contributed by atoms with Crippen LogP contribution in [0.4, 0.5) is 5.82 Å². The van der Waals surface area contributed by atoms with Gasteiger partial charge in [0, 0.05) is 40.5 Å². The SMILES string of the molecule is COC(=O)CS(=O)(=O)N1CCC(Nc2ncnc3ccc(C(c4ccc(Cl)cc4)c4ccc(Cl)cc4)cc23)CC1. The van der Waals surface area contributed by atoms with Gasteiger partial charge in [-0.25, -0.2) is 22.7 Å². The number of carbonyl (C=O) groups excluding carboxylic acids is 1. The van der Waals surface area contributed by atoms with E-state index in [9.17, 15) is 13.2 Å². The number of nitrogens with zero attached hydrogens (tertiary/aromatic N) is 3. The summed E-state index contributed by atoms with van der Waals surface area (Å²) in [5.74, 6) is -0.800. The largest absolute Gasteiger partial charge is 0.468 e. The van der Waals surface area contributed by atoms with Gasteiger partial charge in [0.2, 0.25) is 10.0 Å². The van der Waals surface area contributed by atoms with E-state index in [-0.39, 0.29) is 12.0 Å². The van der Waals surface area contributed by atoms with Crippen molar-refractivity contribution in [3.05, 3.63) is 99.8 Å². The number of hydrogen-bond donors (Lipinski definition) is 1. The molecule has 208 valence electrons. The number of ether oxygens (including phenoxy) is 1. The van der Waals surface area contributed by atoms with Crippen LogP contribution >= 0.6 is 23.2 Å². The van der Waals surface area contributed by atoms with E-state index in [0.29, 0.717) is 41.8 Å². The molecule has 0 aliphatic carbocycles. The zero-order chi connectivity index (χ0) is 28.3. The number of rotatable bonds is 8. The lowest BCUT2D eigenvalue weighted by Crippen LogP contribution is -2.44. The van der Waals surface area contributed by atoms with Gasteiger partial charge in [-0.15, -0.1) is 0 Å². The van der Waals surface area contributed by atoms with Crippen LogP contribution in [0.2, 0.25) is 10.0 Å². The van der Waals surface area contributed by atoms with Gasteiger partial charge in [-0.3, -0.25) is 4.79 Å². The van der Waals surface area contributed by atoms with Crippen LogP contribution in [0.1, 0.15) is 35.4 Å². The summed E-state index contributed by atoms with van der Waals surface area (Å²) in [6, 6.07) is 21.8. The maximum absolute atomic E-state index is 12.5. The van der Waals surface area contributed by atoms with E-state index < -0.39 is 21.7 Å². The first-order valence-corrected chi connectivity index (χ1v) is 15.2. The minimum absolute atomic E-state index is 0.00894. The molecule has 1 N–H and O–H groups in total. The molecule has 2 heterocycles.